The fourth-order valence-electron chi connectivity index (χ4n) is 3.75. The number of hydrogen-bond acceptors (Lipinski definition) is 3. The lowest BCUT2D eigenvalue weighted by Gasteiger charge is -2.10. The first kappa shape index (κ1) is 23.0. The van der Waals surface area contributed by atoms with Gasteiger partial charge in [-0.05, 0) is 59.5 Å². The molecule has 3 rings (SSSR count). The fraction of sp³-hybridized carbons (Fsp3) is 0.318. The molecular formula is C22H24BrClN2O3S. The number of carbonyl (C=O) groups excluding carboxylic acids is 1. The zero-order valence-corrected chi connectivity index (χ0v) is 20.3. The molecule has 3 aromatic rings. The van der Waals surface area contributed by atoms with Gasteiger partial charge in [-0.2, -0.15) is 0 Å². The molecule has 0 fully saturated rings. The molecule has 0 bridgehead atoms. The molecule has 0 aliphatic carbocycles. The number of ketones is 1. The lowest BCUT2D eigenvalue weighted by atomic mass is 9.98. The van der Waals surface area contributed by atoms with Crippen LogP contribution in [0.25, 0.3) is 10.9 Å². The highest BCUT2D eigenvalue weighted by atomic mass is 79.9. The van der Waals surface area contributed by atoms with Crippen LogP contribution in [0.4, 0.5) is 0 Å². The molecule has 0 amide bonds. The maximum Gasteiger partial charge on any atom is 0.208 e. The number of nitrogens with zero attached hydrogens (tertiary/aromatic N) is 1. The Morgan fingerprint density at radius 3 is 2.53 bits per heavy atom. The largest absolute Gasteiger partial charge is 0.343 e. The Kier molecular flexibility index (Phi) is 7.07. The maximum atomic E-state index is 13.4. The standard InChI is InChI=1S/C22H24BrClN2O3S/c1-14-9-10-17(23)22-20(14)21(19(27)13-16-7-4-5-8-18(16)24)15(2)26(22)12-6-11-25-30(3,28)29/h4-5,7-10,25H,6,11-13H2,1-3H3. The van der Waals surface area contributed by atoms with Crippen LogP contribution in [0.2, 0.25) is 5.02 Å². The van der Waals surface area contributed by atoms with E-state index in [1.165, 1.54) is 0 Å². The first-order valence-corrected chi connectivity index (χ1v) is 12.7. The minimum atomic E-state index is -3.23. The van der Waals surface area contributed by atoms with E-state index in [4.69, 9.17) is 11.6 Å². The Morgan fingerprint density at radius 1 is 1.17 bits per heavy atom. The first-order chi connectivity index (χ1) is 14.1. The summed E-state index contributed by atoms with van der Waals surface area (Å²) in [6.45, 7) is 4.86. The van der Waals surface area contributed by atoms with Gasteiger partial charge in [0.2, 0.25) is 10.0 Å². The summed E-state index contributed by atoms with van der Waals surface area (Å²) in [5.41, 5.74) is 4.34. The lowest BCUT2D eigenvalue weighted by molar-refractivity contribution is 0.0993. The van der Waals surface area contributed by atoms with Gasteiger partial charge in [0.25, 0.3) is 0 Å². The second kappa shape index (κ2) is 9.22. The van der Waals surface area contributed by atoms with E-state index in [1.54, 1.807) is 6.07 Å². The Labute approximate surface area is 190 Å². The maximum absolute atomic E-state index is 13.4. The molecule has 1 heterocycles. The van der Waals surface area contributed by atoms with Gasteiger partial charge in [-0.1, -0.05) is 35.9 Å². The zero-order valence-electron chi connectivity index (χ0n) is 17.1. The van der Waals surface area contributed by atoms with Crippen LogP contribution in [-0.4, -0.2) is 31.6 Å². The smallest absolute Gasteiger partial charge is 0.208 e. The number of aryl methyl sites for hydroxylation is 2. The Bertz CT molecular complexity index is 1220. The second-order valence-electron chi connectivity index (χ2n) is 7.41. The number of sulfonamides is 1. The van der Waals surface area contributed by atoms with Crippen molar-refractivity contribution in [1.82, 2.24) is 9.29 Å². The highest BCUT2D eigenvalue weighted by molar-refractivity contribution is 9.10. The SMILES string of the molecule is Cc1ccc(Br)c2c1c(C(=O)Cc1ccccc1Cl)c(C)n2CCCNS(C)(=O)=O. The van der Waals surface area contributed by atoms with Gasteiger partial charge in [0.1, 0.15) is 0 Å². The van der Waals surface area contributed by atoms with Gasteiger partial charge in [0, 0.05) is 45.6 Å². The highest BCUT2D eigenvalue weighted by Crippen LogP contribution is 2.35. The van der Waals surface area contributed by atoms with Crippen LogP contribution >= 0.6 is 27.5 Å². The van der Waals surface area contributed by atoms with Gasteiger partial charge < -0.3 is 4.57 Å². The van der Waals surface area contributed by atoms with Gasteiger partial charge in [-0.3, -0.25) is 4.79 Å². The quantitative estimate of drug-likeness (QED) is 0.340. The van der Waals surface area contributed by atoms with Crippen molar-refractivity contribution in [3.05, 3.63) is 68.3 Å². The third kappa shape index (κ3) is 4.97. The van der Waals surface area contributed by atoms with Gasteiger partial charge in [0.15, 0.2) is 5.78 Å². The van der Waals surface area contributed by atoms with Crippen LogP contribution in [0.3, 0.4) is 0 Å². The van der Waals surface area contributed by atoms with Crippen molar-refractivity contribution in [2.45, 2.75) is 33.2 Å². The van der Waals surface area contributed by atoms with Crippen LogP contribution in [0, 0.1) is 13.8 Å². The van der Waals surface area contributed by atoms with E-state index in [-0.39, 0.29) is 12.2 Å². The van der Waals surface area contributed by atoms with Crippen LogP contribution < -0.4 is 4.72 Å². The molecular weight excluding hydrogens is 488 g/mol. The summed E-state index contributed by atoms with van der Waals surface area (Å²) in [4.78, 5) is 13.4. The number of fused-ring (bicyclic) bond motifs is 1. The third-order valence-electron chi connectivity index (χ3n) is 5.13. The summed E-state index contributed by atoms with van der Waals surface area (Å²) in [6, 6.07) is 11.4. The van der Waals surface area contributed by atoms with E-state index in [0.717, 1.165) is 38.5 Å². The molecule has 0 saturated carbocycles. The van der Waals surface area contributed by atoms with Crippen molar-refractivity contribution in [1.29, 1.82) is 0 Å². The monoisotopic (exact) mass is 510 g/mol. The van der Waals surface area contributed by atoms with Gasteiger partial charge in [-0.15, -0.1) is 0 Å². The number of aromatic nitrogens is 1. The van der Waals surface area contributed by atoms with Crippen molar-refractivity contribution < 1.29 is 13.2 Å². The number of rotatable bonds is 8. The second-order valence-corrected chi connectivity index (χ2v) is 10.5. The molecule has 0 atom stereocenters. The van der Waals surface area contributed by atoms with Gasteiger partial charge >= 0.3 is 0 Å². The lowest BCUT2D eigenvalue weighted by Crippen LogP contribution is -2.24. The molecule has 0 radical (unpaired) electrons. The Balaban J connectivity index is 2.02. The first-order valence-electron chi connectivity index (χ1n) is 9.59. The van der Waals surface area contributed by atoms with Crippen LogP contribution in [-0.2, 0) is 23.0 Å². The molecule has 0 unspecified atom stereocenters. The molecule has 5 nitrogen and oxygen atoms in total. The van der Waals surface area contributed by atoms with Crippen molar-refractivity contribution in [3.63, 3.8) is 0 Å². The summed E-state index contributed by atoms with van der Waals surface area (Å²) in [5.74, 6) is 0.0137. The number of halogens is 2. The summed E-state index contributed by atoms with van der Waals surface area (Å²) in [6.07, 6.45) is 1.98. The minimum Gasteiger partial charge on any atom is -0.343 e. The number of carbonyl (C=O) groups is 1. The highest BCUT2D eigenvalue weighted by Gasteiger charge is 2.23. The summed E-state index contributed by atoms with van der Waals surface area (Å²) < 4.78 is 28.2. The average Bonchev–Trinajstić information content (AvgIpc) is 2.96. The van der Waals surface area contributed by atoms with Crippen LogP contribution in [0.5, 0.6) is 0 Å². The molecule has 8 heteroatoms. The Morgan fingerprint density at radius 2 is 1.87 bits per heavy atom. The molecule has 30 heavy (non-hydrogen) atoms. The van der Waals surface area contributed by atoms with E-state index >= 15 is 0 Å². The minimum absolute atomic E-state index is 0.0137. The Hall–Kier alpha value is -1.67. The number of Topliss-reactive ketones (excluding diaryl/α,β-unsaturated/α-hetero) is 1. The topological polar surface area (TPSA) is 68.2 Å². The summed E-state index contributed by atoms with van der Waals surface area (Å²) in [7, 11) is -3.23. The van der Waals surface area contributed by atoms with Gasteiger partial charge in [-0.25, -0.2) is 13.1 Å². The molecule has 1 N–H and O–H groups in total. The van der Waals surface area contributed by atoms with Crippen molar-refractivity contribution in [3.8, 4) is 0 Å². The number of nitrogens with one attached hydrogen (secondary N) is 1. The molecule has 160 valence electrons. The molecule has 2 aromatic carbocycles. The number of benzene rings is 2. The van der Waals surface area contributed by atoms with Crippen molar-refractivity contribution >= 4 is 54.2 Å². The van der Waals surface area contributed by atoms with E-state index in [2.05, 4.69) is 25.2 Å². The predicted octanol–water partition coefficient (Wildman–Crippen LogP) is 5.04. The molecule has 0 aliphatic rings. The third-order valence-corrected chi connectivity index (χ3v) is 6.87. The van der Waals surface area contributed by atoms with Gasteiger partial charge in [0.05, 0.1) is 11.8 Å². The van der Waals surface area contributed by atoms with E-state index in [1.807, 2.05) is 44.2 Å². The van der Waals surface area contributed by atoms with Crippen molar-refractivity contribution in [2.24, 2.45) is 0 Å². The fourth-order valence-corrected chi connectivity index (χ4v) is 5.01. The van der Waals surface area contributed by atoms with Crippen LogP contribution in [0.1, 0.15) is 33.6 Å². The number of hydrogen-bond donors (Lipinski definition) is 1. The summed E-state index contributed by atoms with van der Waals surface area (Å²) in [5, 5.41) is 1.51. The van der Waals surface area contributed by atoms with E-state index in [0.29, 0.717) is 30.1 Å². The summed E-state index contributed by atoms with van der Waals surface area (Å²) >= 11 is 9.91. The predicted molar refractivity (Wildman–Crippen MR) is 126 cm³/mol. The molecule has 1 aromatic heterocycles. The molecule has 0 saturated heterocycles. The molecule has 0 spiro atoms. The average molecular weight is 512 g/mol. The van der Waals surface area contributed by atoms with Crippen molar-refractivity contribution in [2.75, 3.05) is 12.8 Å². The van der Waals surface area contributed by atoms with E-state index in [9.17, 15) is 13.2 Å². The van der Waals surface area contributed by atoms with Crippen LogP contribution in [0.15, 0.2) is 40.9 Å². The molecule has 0 aliphatic heterocycles. The normalized spacial score (nSPS) is 11.9. The zero-order chi connectivity index (χ0) is 22.1. The van der Waals surface area contributed by atoms with E-state index < -0.39 is 10.0 Å².